The first-order chi connectivity index (χ1) is 13.4. The van der Waals surface area contributed by atoms with Crippen LogP contribution in [-0.4, -0.2) is 39.9 Å². The quantitative estimate of drug-likeness (QED) is 0.746. The molecule has 3 rings (SSSR count). The summed E-state index contributed by atoms with van der Waals surface area (Å²) in [5.74, 6) is -0.0483. The number of nitrogens with two attached hydrogens (primary N) is 1. The number of amides is 2. The molecule has 7 heteroatoms. The van der Waals surface area contributed by atoms with Crippen LogP contribution in [0, 0.1) is 5.92 Å². The maximum absolute atomic E-state index is 12.8. The Balaban J connectivity index is 0.00000300. The summed E-state index contributed by atoms with van der Waals surface area (Å²) >= 11 is 0. The number of hydrogen-bond donors (Lipinski definition) is 2. The molecule has 1 saturated carbocycles. The van der Waals surface area contributed by atoms with Gasteiger partial charge in [0.05, 0.1) is 5.92 Å². The standard InChI is InChI=1S/C22H32N4O2.ClH/c1-4-25(5-2)20(27)15-26-13-11-16-14-17(9-10-19(16)26)24-21(28)18-8-6-7-12-22(18,3)23;/h9-11,13-14,18H,4-8,12,15,23H2,1-3H3,(H,24,28);1H. The van der Waals surface area contributed by atoms with E-state index in [0.717, 1.165) is 42.3 Å². The van der Waals surface area contributed by atoms with Crippen molar-refractivity contribution in [2.75, 3.05) is 18.4 Å². The predicted molar refractivity (Wildman–Crippen MR) is 120 cm³/mol. The molecule has 1 aliphatic rings. The molecule has 2 atom stereocenters. The van der Waals surface area contributed by atoms with Crippen molar-refractivity contribution < 1.29 is 9.59 Å². The zero-order valence-electron chi connectivity index (χ0n) is 17.6. The second-order valence-corrected chi connectivity index (χ2v) is 8.08. The number of anilines is 1. The van der Waals surface area contributed by atoms with Crippen LogP contribution in [0.2, 0.25) is 0 Å². The lowest BCUT2D eigenvalue weighted by Crippen LogP contribution is -2.51. The van der Waals surface area contributed by atoms with Crippen LogP contribution in [0.25, 0.3) is 10.9 Å². The monoisotopic (exact) mass is 420 g/mol. The minimum Gasteiger partial charge on any atom is -0.342 e. The Labute approximate surface area is 179 Å². The molecule has 0 bridgehead atoms. The van der Waals surface area contributed by atoms with Crippen molar-refractivity contribution in [3.05, 3.63) is 30.5 Å². The van der Waals surface area contributed by atoms with E-state index >= 15 is 0 Å². The highest BCUT2D eigenvalue weighted by molar-refractivity contribution is 5.96. The lowest BCUT2D eigenvalue weighted by atomic mass is 9.74. The Hall–Kier alpha value is -2.05. The third kappa shape index (κ3) is 5.11. The molecule has 160 valence electrons. The fourth-order valence-corrected chi connectivity index (χ4v) is 4.26. The van der Waals surface area contributed by atoms with Crippen LogP contribution in [-0.2, 0) is 16.1 Å². The van der Waals surface area contributed by atoms with Gasteiger partial charge in [-0.25, -0.2) is 0 Å². The summed E-state index contributed by atoms with van der Waals surface area (Å²) in [5.41, 5.74) is 7.68. The first-order valence-electron chi connectivity index (χ1n) is 10.3. The van der Waals surface area contributed by atoms with Gasteiger partial charge in [0.1, 0.15) is 6.54 Å². The van der Waals surface area contributed by atoms with Crippen LogP contribution in [0.5, 0.6) is 0 Å². The van der Waals surface area contributed by atoms with E-state index < -0.39 is 5.54 Å². The molecule has 6 nitrogen and oxygen atoms in total. The van der Waals surface area contributed by atoms with Gasteiger partial charge in [-0.1, -0.05) is 12.8 Å². The van der Waals surface area contributed by atoms with Gasteiger partial charge in [-0.15, -0.1) is 12.4 Å². The number of nitrogens with zero attached hydrogens (tertiary/aromatic N) is 2. The van der Waals surface area contributed by atoms with E-state index in [1.165, 1.54) is 0 Å². The Morgan fingerprint density at radius 1 is 1.24 bits per heavy atom. The summed E-state index contributed by atoms with van der Waals surface area (Å²) in [6.07, 6.45) is 5.78. The van der Waals surface area contributed by atoms with Crippen molar-refractivity contribution in [1.82, 2.24) is 9.47 Å². The smallest absolute Gasteiger partial charge is 0.242 e. The van der Waals surface area contributed by atoms with Crippen LogP contribution in [0.1, 0.15) is 46.5 Å². The molecule has 0 radical (unpaired) electrons. The molecule has 2 aromatic rings. The zero-order chi connectivity index (χ0) is 20.3. The van der Waals surface area contributed by atoms with Gasteiger partial charge in [0.2, 0.25) is 11.8 Å². The van der Waals surface area contributed by atoms with Gasteiger partial charge in [0.25, 0.3) is 0 Å². The third-order valence-corrected chi connectivity index (χ3v) is 6.03. The molecule has 1 aliphatic carbocycles. The second kappa shape index (κ2) is 9.63. The SMILES string of the molecule is CCN(CC)C(=O)Cn1ccc2cc(NC(=O)C3CCCCC3(C)N)ccc21.Cl. The van der Waals surface area contributed by atoms with Gasteiger partial charge in [0, 0.05) is 41.4 Å². The topological polar surface area (TPSA) is 80.4 Å². The number of benzene rings is 1. The number of nitrogens with one attached hydrogen (secondary N) is 1. The van der Waals surface area contributed by atoms with E-state index in [1.54, 1.807) is 0 Å². The number of carbonyl (C=O) groups is 2. The van der Waals surface area contributed by atoms with E-state index in [-0.39, 0.29) is 30.1 Å². The molecular formula is C22H33ClN4O2. The highest BCUT2D eigenvalue weighted by Crippen LogP contribution is 2.32. The fraction of sp³-hybridized carbons (Fsp3) is 0.545. The number of carbonyl (C=O) groups excluding carboxylic acids is 2. The summed E-state index contributed by atoms with van der Waals surface area (Å²) in [4.78, 5) is 27.0. The summed E-state index contributed by atoms with van der Waals surface area (Å²) < 4.78 is 1.96. The molecule has 1 aromatic carbocycles. The van der Waals surface area contributed by atoms with Crippen molar-refractivity contribution in [3.8, 4) is 0 Å². The summed E-state index contributed by atoms with van der Waals surface area (Å²) in [6, 6.07) is 7.80. The predicted octanol–water partition coefficient (Wildman–Crippen LogP) is 3.78. The minimum atomic E-state index is -0.444. The second-order valence-electron chi connectivity index (χ2n) is 8.08. The number of likely N-dealkylation sites (N-methyl/N-ethyl adjacent to an activating group) is 1. The number of hydrogen-bond acceptors (Lipinski definition) is 3. The molecule has 0 spiro atoms. The normalized spacial score (nSPS) is 21.4. The first kappa shape index (κ1) is 23.2. The van der Waals surface area contributed by atoms with Crippen LogP contribution in [0.15, 0.2) is 30.5 Å². The molecule has 29 heavy (non-hydrogen) atoms. The lowest BCUT2D eigenvalue weighted by molar-refractivity contribution is -0.131. The Bertz CT molecular complexity index is 858. The maximum Gasteiger partial charge on any atom is 0.242 e. The van der Waals surface area contributed by atoms with E-state index in [1.807, 2.05) is 60.7 Å². The van der Waals surface area contributed by atoms with Gasteiger partial charge in [-0.05, 0) is 57.9 Å². The Kier molecular flexibility index (Phi) is 7.72. The molecule has 1 heterocycles. The highest BCUT2D eigenvalue weighted by Gasteiger charge is 2.37. The third-order valence-electron chi connectivity index (χ3n) is 6.03. The van der Waals surface area contributed by atoms with Gasteiger partial charge < -0.3 is 20.5 Å². The molecule has 2 unspecified atom stereocenters. The zero-order valence-corrected chi connectivity index (χ0v) is 18.4. The van der Waals surface area contributed by atoms with Crippen LogP contribution < -0.4 is 11.1 Å². The van der Waals surface area contributed by atoms with E-state index in [2.05, 4.69) is 5.32 Å². The maximum atomic E-state index is 12.8. The van der Waals surface area contributed by atoms with Gasteiger partial charge in [-0.2, -0.15) is 0 Å². The highest BCUT2D eigenvalue weighted by atomic mass is 35.5. The Morgan fingerprint density at radius 3 is 2.62 bits per heavy atom. The van der Waals surface area contributed by atoms with E-state index in [9.17, 15) is 9.59 Å². The van der Waals surface area contributed by atoms with Crippen molar-refractivity contribution in [3.63, 3.8) is 0 Å². The average molecular weight is 421 g/mol. The summed E-state index contributed by atoms with van der Waals surface area (Å²) in [7, 11) is 0. The molecule has 0 saturated heterocycles. The van der Waals surface area contributed by atoms with E-state index in [0.29, 0.717) is 19.6 Å². The number of fused-ring (bicyclic) bond motifs is 1. The molecule has 1 aromatic heterocycles. The van der Waals surface area contributed by atoms with Crippen molar-refractivity contribution >= 4 is 40.8 Å². The lowest BCUT2D eigenvalue weighted by Gasteiger charge is -2.37. The van der Waals surface area contributed by atoms with Crippen LogP contribution in [0.4, 0.5) is 5.69 Å². The molecule has 2 amide bonds. The number of aromatic nitrogens is 1. The molecule has 3 N–H and O–H groups in total. The van der Waals surface area contributed by atoms with Crippen molar-refractivity contribution in [1.29, 1.82) is 0 Å². The van der Waals surface area contributed by atoms with Crippen LogP contribution in [0.3, 0.4) is 0 Å². The average Bonchev–Trinajstić information content (AvgIpc) is 3.04. The fourth-order valence-electron chi connectivity index (χ4n) is 4.26. The van der Waals surface area contributed by atoms with E-state index in [4.69, 9.17) is 5.73 Å². The Morgan fingerprint density at radius 2 is 1.97 bits per heavy atom. The van der Waals surface area contributed by atoms with Crippen LogP contribution >= 0.6 is 12.4 Å². The number of halogens is 1. The summed E-state index contributed by atoms with van der Waals surface area (Å²) in [5, 5.41) is 4.05. The van der Waals surface area contributed by atoms with Gasteiger partial charge in [0.15, 0.2) is 0 Å². The van der Waals surface area contributed by atoms with Gasteiger partial charge in [-0.3, -0.25) is 9.59 Å². The minimum absolute atomic E-state index is 0. The molecular weight excluding hydrogens is 388 g/mol. The summed E-state index contributed by atoms with van der Waals surface area (Å²) in [6.45, 7) is 7.71. The molecule has 0 aliphatic heterocycles. The van der Waals surface area contributed by atoms with Crippen molar-refractivity contribution in [2.45, 2.75) is 58.5 Å². The first-order valence-corrected chi connectivity index (χ1v) is 10.3. The van der Waals surface area contributed by atoms with Gasteiger partial charge >= 0.3 is 0 Å². The number of rotatable bonds is 6. The largest absolute Gasteiger partial charge is 0.342 e. The van der Waals surface area contributed by atoms with Crippen molar-refractivity contribution in [2.24, 2.45) is 11.7 Å². The molecule has 1 fully saturated rings.